The maximum Gasteiger partial charge on any atom is 0.140 e. The molecule has 0 aromatic heterocycles. The Bertz CT molecular complexity index is 737. The molecule has 2 aromatic carbocycles. The number of rotatable bonds is 3. The van der Waals surface area contributed by atoms with Crippen LogP contribution in [0.3, 0.4) is 0 Å². The third-order valence-corrected chi connectivity index (χ3v) is 6.01. The highest BCUT2D eigenvalue weighted by Crippen LogP contribution is 2.40. The first-order valence-electron chi connectivity index (χ1n) is 9.64. The molecule has 2 atom stereocenters. The third-order valence-electron chi connectivity index (χ3n) is 4.50. The Morgan fingerprint density at radius 1 is 1.05 bits per heavy atom. The number of hydrogen-bond acceptors (Lipinski definition) is 0. The summed E-state index contributed by atoms with van der Waals surface area (Å²) in [5.41, 5.74) is 3.60. The van der Waals surface area contributed by atoms with Gasteiger partial charge in [0.25, 0.3) is 0 Å². The quantitative estimate of drug-likeness (QED) is 0.571. The van der Waals surface area contributed by atoms with Crippen molar-refractivity contribution >= 4 is 8.07 Å². The Labute approximate surface area is 140 Å². The highest BCUT2D eigenvalue weighted by atomic mass is 28.3. The molecule has 0 N–H and O–H groups in total. The molecule has 1 aliphatic heterocycles. The van der Waals surface area contributed by atoms with E-state index in [9.17, 15) is 0 Å². The standard InChI is InChI=1S/C20H28NSi/c1-21(16-22(2,3)4)15-14-17-10-8-9-13-19(17)20(21)18-11-6-5-7-12-18/h5-13,20H,14-16H2,1-4H3/q+1/t20-,21+/m0/s1/i1D3. The zero-order chi connectivity index (χ0) is 18.3. The van der Waals surface area contributed by atoms with Gasteiger partial charge in [-0.05, 0) is 5.56 Å². The van der Waals surface area contributed by atoms with E-state index >= 15 is 0 Å². The summed E-state index contributed by atoms with van der Waals surface area (Å²) >= 11 is 0. The molecule has 3 rings (SSSR count). The molecule has 2 aromatic rings. The van der Waals surface area contributed by atoms with E-state index < -0.39 is 15.0 Å². The second kappa shape index (κ2) is 5.67. The predicted octanol–water partition coefficient (Wildman–Crippen LogP) is 4.66. The Morgan fingerprint density at radius 3 is 2.41 bits per heavy atom. The number of likely N-dealkylation sites (N-methyl/N-ethyl adjacent to an activating group) is 1. The lowest BCUT2D eigenvalue weighted by Gasteiger charge is -2.48. The minimum atomic E-state index is -2.03. The highest BCUT2D eigenvalue weighted by molar-refractivity contribution is 6.76. The molecule has 0 unspecified atom stereocenters. The Balaban J connectivity index is 2.26. The summed E-state index contributed by atoms with van der Waals surface area (Å²) in [6.45, 7) is 5.48. The van der Waals surface area contributed by atoms with Crippen molar-refractivity contribution < 1.29 is 8.60 Å². The largest absolute Gasteiger partial charge is 0.319 e. The van der Waals surface area contributed by atoms with E-state index in [-0.39, 0.29) is 10.5 Å². The molecule has 116 valence electrons. The van der Waals surface area contributed by atoms with Crippen LogP contribution in [-0.2, 0) is 6.42 Å². The fraction of sp³-hybridized carbons (Fsp3) is 0.400. The topological polar surface area (TPSA) is 0 Å². The summed E-state index contributed by atoms with van der Waals surface area (Å²) in [6, 6.07) is 18.5. The van der Waals surface area contributed by atoms with Crippen molar-refractivity contribution in [3.63, 3.8) is 0 Å². The van der Waals surface area contributed by atoms with Gasteiger partial charge >= 0.3 is 0 Å². The van der Waals surface area contributed by atoms with Crippen LogP contribution in [0, 0.1) is 0 Å². The number of fused-ring (bicyclic) bond motifs is 1. The van der Waals surface area contributed by atoms with Gasteiger partial charge in [-0.15, -0.1) is 0 Å². The van der Waals surface area contributed by atoms with Crippen LogP contribution in [-0.4, -0.2) is 32.2 Å². The van der Waals surface area contributed by atoms with E-state index in [4.69, 9.17) is 4.11 Å². The first-order chi connectivity index (χ1) is 11.6. The van der Waals surface area contributed by atoms with Crippen LogP contribution in [0.4, 0.5) is 0 Å². The molecule has 2 heteroatoms. The maximum absolute atomic E-state index is 8.50. The third kappa shape index (κ3) is 3.04. The molecule has 1 nitrogen and oxygen atoms in total. The minimum absolute atomic E-state index is 0.120. The van der Waals surface area contributed by atoms with Crippen molar-refractivity contribution in [1.29, 1.82) is 0 Å². The van der Waals surface area contributed by atoms with E-state index in [1.165, 1.54) is 11.1 Å². The summed E-state index contributed by atoms with van der Waals surface area (Å²) in [4.78, 5) is 0. The van der Waals surface area contributed by atoms with Gasteiger partial charge in [0.2, 0.25) is 0 Å². The second-order valence-corrected chi connectivity index (χ2v) is 13.2. The van der Waals surface area contributed by atoms with Gasteiger partial charge in [-0.1, -0.05) is 74.2 Å². The number of quaternary nitrogens is 1. The summed E-state index contributed by atoms with van der Waals surface area (Å²) in [5.74, 6) is 0. The smallest absolute Gasteiger partial charge is 0.140 e. The minimum Gasteiger partial charge on any atom is -0.319 e. The Kier molecular flexibility index (Phi) is 3.12. The van der Waals surface area contributed by atoms with Crippen molar-refractivity contribution in [2.45, 2.75) is 32.1 Å². The molecule has 0 saturated carbocycles. The molecule has 0 radical (unpaired) electrons. The van der Waals surface area contributed by atoms with Crippen LogP contribution in [0.1, 0.15) is 26.8 Å². The Hall–Kier alpha value is -1.38. The predicted molar refractivity (Wildman–Crippen MR) is 97.7 cm³/mol. The van der Waals surface area contributed by atoms with Crippen molar-refractivity contribution in [2.24, 2.45) is 0 Å². The number of hydrogen-bond donors (Lipinski definition) is 0. The van der Waals surface area contributed by atoms with Gasteiger partial charge in [-0.25, -0.2) is 0 Å². The van der Waals surface area contributed by atoms with E-state index in [2.05, 4.69) is 50.0 Å². The molecular weight excluding hydrogens is 282 g/mol. The molecule has 0 bridgehead atoms. The monoisotopic (exact) mass is 313 g/mol. The lowest BCUT2D eigenvalue weighted by Crippen LogP contribution is -2.58. The second-order valence-electron chi connectivity index (χ2n) is 7.74. The van der Waals surface area contributed by atoms with Crippen molar-refractivity contribution in [2.75, 3.05) is 19.7 Å². The molecule has 0 spiro atoms. The molecule has 1 aliphatic rings. The van der Waals surface area contributed by atoms with Crippen molar-refractivity contribution in [1.82, 2.24) is 0 Å². The Morgan fingerprint density at radius 2 is 1.73 bits per heavy atom. The molecule has 0 aliphatic carbocycles. The molecular formula is C20H28NSi+. The maximum atomic E-state index is 8.50. The fourth-order valence-electron chi connectivity index (χ4n) is 3.86. The zero-order valence-corrected chi connectivity index (χ0v) is 14.8. The average Bonchev–Trinajstić information content (AvgIpc) is 2.53. The molecule has 0 saturated heterocycles. The lowest BCUT2D eigenvalue weighted by atomic mass is 9.87. The fourth-order valence-corrected chi connectivity index (χ4v) is 5.89. The van der Waals surface area contributed by atoms with Crippen molar-refractivity contribution in [3.05, 3.63) is 71.3 Å². The lowest BCUT2D eigenvalue weighted by molar-refractivity contribution is -0.926. The molecule has 0 amide bonds. The highest BCUT2D eigenvalue weighted by Gasteiger charge is 2.42. The molecule has 0 fully saturated rings. The summed E-state index contributed by atoms with van der Waals surface area (Å²) in [5, 5.41) is 0. The average molecular weight is 314 g/mol. The van der Waals surface area contributed by atoms with Gasteiger partial charge < -0.3 is 4.48 Å². The normalized spacial score (nSPS) is 27.4. The SMILES string of the molecule is [2H]C([2H])([2H])[N@+]1(C[Si](C)(C)C)CCc2ccccc2[C@@H]1c1ccccc1. The van der Waals surface area contributed by atoms with E-state index in [1.807, 2.05) is 24.3 Å². The van der Waals surface area contributed by atoms with Crippen LogP contribution in [0.15, 0.2) is 54.6 Å². The zero-order valence-electron chi connectivity index (χ0n) is 16.8. The summed E-state index contributed by atoms with van der Waals surface area (Å²) in [6.07, 6.45) is 1.60. The van der Waals surface area contributed by atoms with Crippen LogP contribution in [0.5, 0.6) is 0 Å². The van der Waals surface area contributed by atoms with Gasteiger partial charge in [0.05, 0.1) is 23.8 Å². The first-order valence-corrected chi connectivity index (χ1v) is 11.8. The van der Waals surface area contributed by atoms with Crippen LogP contribution >= 0.6 is 0 Å². The van der Waals surface area contributed by atoms with Gasteiger partial charge in [-0.2, -0.15) is 0 Å². The van der Waals surface area contributed by atoms with Gasteiger partial charge in [-0.3, -0.25) is 0 Å². The van der Waals surface area contributed by atoms with Crippen LogP contribution in [0.2, 0.25) is 19.6 Å². The van der Waals surface area contributed by atoms with Gasteiger partial charge in [0.1, 0.15) is 14.1 Å². The van der Waals surface area contributed by atoms with Gasteiger partial charge in [0, 0.05) is 17.5 Å². The molecule has 1 heterocycles. The van der Waals surface area contributed by atoms with Crippen LogP contribution in [0.25, 0.3) is 0 Å². The summed E-state index contributed by atoms with van der Waals surface area (Å²) in [7, 11) is -1.61. The number of benzene rings is 2. The van der Waals surface area contributed by atoms with E-state index in [1.54, 1.807) is 0 Å². The van der Waals surface area contributed by atoms with Crippen LogP contribution < -0.4 is 0 Å². The first kappa shape index (κ1) is 12.1. The van der Waals surface area contributed by atoms with E-state index in [0.29, 0.717) is 6.54 Å². The van der Waals surface area contributed by atoms with Gasteiger partial charge in [0.15, 0.2) is 0 Å². The van der Waals surface area contributed by atoms with E-state index in [0.717, 1.165) is 18.2 Å². The van der Waals surface area contributed by atoms with Crippen molar-refractivity contribution in [3.8, 4) is 0 Å². The summed E-state index contributed by atoms with van der Waals surface area (Å²) < 4.78 is 25.7. The molecule has 22 heavy (non-hydrogen) atoms. The number of nitrogens with zero attached hydrogens (tertiary/aromatic N) is 1.